The second-order valence-electron chi connectivity index (χ2n) is 5.31. The molecule has 0 aromatic heterocycles. The van der Waals surface area contributed by atoms with Crippen LogP contribution in [0, 0.1) is 0 Å². The summed E-state index contributed by atoms with van der Waals surface area (Å²) in [7, 11) is -3.63. The van der Waals surface area contributed by atoms with Gasteiger partial charge in [-0.1, -0.05) is 31.2 Å². The first-order chi connectivity index (χ1) is 11.9. The second kappa shape index (κ2) is 8.48. The summed E-state index contributed by atoms with van der Waals surface area (Å²) < 4.78 is 32.1. The van der Waals surface area contributed by atoms with Crippen LogP contribution in [-0.2, 0) is 26.0 Å². The van der Waals surface area contributed by atoms with Gasteiger partial charge in [0.25, 0.3) is 10.0 Å². The quantitative estimate of drug-likeness (QED) is 0.605. The van der Waals surface area contributed by atoms with E-state index < -0.39 is 16.0 Å². The van der Waals surface area contributed by atoms with Crippen LogP contribution in [0.2, 0.25) is 0 Å². The second-order valence-corrected chi connectivity index (χ2v) is 6.99. The van der Waals surface area contributed by atoms with E-state index in [2.05, 4.69) is 4.72 Å². The van der Waals surface area contributed by atoms with E-state index >= 15 is 0 Å². The molecule has 2 rings (SSSR count). The number of anilines is 1. The molecule has 0 saturated heterocycles. The summed E-state index contributed by atoms with van der Waals surface area (Å²) in [6.45, 7) is 4.07. The molecule has 0 aliphatic rings. The van der Waals surface area contributed by atoms with Gasteiger partial charge in [0.05, 0.1) is 11.5 Å². The molecule has 6 heteroatoms. The Hall–Kier alpha value is -2.60. The molecule has 0 saturated carbocycles. The summed E-state index contributed by atoms with van der Waals surface area (Å²) in [5.74, 6) is -0.414. The van der Waals surface area contributed by atoms with Gasteiger partial charge in [0, 0.05) is 11.8 Å². The van der Waals surface area contributed by atoms with E-state index in [-0.39, 0.29) is 4.90 Å². The van der Waals surface area contributed by atoms with Crippen LogP contribution in [0.15, 0.2) is 59.5 Å². The first-order valence-corrected chi connectivity index (χ1v) is 9.49. The number of nitrogens with one attached hydrogen (secondary N) is 1. The molecule has 1 N–H and O–H groups in total. The van der Waals surface area contributed by atoms with Crippen molar-refractivity contribution < 1.29 is 17.9 Å². The molecule has 0 radical (unpaired) electrons. The Kier molecular flexibility index (Phi) is 6.36. The van der Waals surface area contributed by atoms with Crippen LogP contribution in [0.4, 0.5) is 5.69 Å². The van der Waals surface area contributed by atoms with Crippen molar-refractivity contribution in [1.82, 2.24) is 0 Å². The van der Waals surface area contributed by atoms with E-state index in [1.807, 2.05) is 6.92 Å². The number of benzene rings is 2. The molecular formula is C19H21NO4S. The number of aryl methyl sites for hydroxylation is 1. The normalized spacial score (nSPS) is 11.4. The Morgan fingerprint density at radius 1 is 1.04 bits per heavy atom. The number of esters is 1. The van der Waals surface area contributed by atoms with Crippen molar-refractivity contribution in [2.24, 2.45) is 0 Å². The van der Waals surface area contributed by atoms with Gasteiger partial charge in [0.1, 0.15) is 0 Å². The molecule has 0 amide bonds. The van der Waals surface area contributed by atoms with Crippen LogP contribution in [-0.4, -0.2) is 21.0 Å². The highest BCUT2D eigenvalue weighted by molar-refractivity contribution is 7.92. The molecule has 0 heterocycles. The first kappa shape index (κ1) is 18.7. The highest BCUT2D eigenvalue weighted by atomic mass is 32.2. The predicted molar refractivity (Wildman–Crippen MR) is 98.7 cm³/mol. The highest BCUT2D eigenvalue weighted by Crippen LogP contribution is 2.18. The first-order valence-electron chi connectivity index (χ1n) is 8.01. The van der Waals surface area contributed by atoms with E-state index in [1.54, 1.807) is 61.5 Å². The zero-order chi connectivity index (χ0) is 18.3. The van der Waals surface area contributed by atoms with Gasteiger partial charge in [-0.05, 0) is 54.8 Å². The van der Waals surface area contributed by atoms with Crippen molar-refractivity contribution in [3.63, 3.8) is 0 Å². The molecule has 0 spiro atoms. The Balaban J connectivity index is 2.08. The maximum absolute atomic E-state index is 12.4. The number of rotatable bonds is 7. The summed E-state index contributed by atoms with van der Waals surface area (Å²) in [6, 6.07) is 13.5. The number of carbonyl (C=O) groups excluding carboxylic acids is 1. The summed E-state index contributed by atoms with van der Waals surface area (Å²) in [4.78, 5) is 11.5. The smallest absolute Gasteiger partial charge is 0.330 e. The number of hydrogen-bond acceptors (Lipinski definition) is 4. The summed E-state index contributed by atoms with van der Waals surface area (Å²) in [5, 5.41) is 0. The molecule has 0 aliphatic heterocycles. The summed E-state index contributed by atoms with van der Waals surface area (Å²) >= 11 is 0. The lowest BCUT2D eigenvalue weighted by Crippen LogP contribution is -2.12. The fourth-order valence-electron chi connectivity index (χ4n) is 2.14. The van der Waals surface area contributed by atoms with Gasteiger partial charge in [-0.3, -0.25) is 4.72 Å². The van der Waals surface area contributed by atoms with Gasteiger partial charge in [0.2, 0.25) is 0 Å². The SMILES string of the molecule is CCOC(=O)C=Cc1ccc(NS(=O)(=O)c2ccc(CC)cc2)cc1. The molecule has 0 unspecified atom stereocenters. The Morgan fingerprint density at radius 3 is 2.24 bits per heavy atom. The van der Waals surface area contributed by atoms with Crippen molar-refractivity contribution in [2.75, 3.05) is 11.3 Å². The maximum atomic E-state index is 12.4. The van der Waals surface area contributed by atoms with Crippen molar-refractivity contribution >= 4 is 27.8 Å². The van der Waals surface area contributed by atoms with E-state index in [4.69, 9.17) is 4.74 Å². The highest BCUT2D eigenvalue weighted by Gasteiger charge is 2.13. The number of hydrogen-bond donors (Lipinski definition) is 1. The Morgan fingerprint density at radius 2 is 1.68 bits per heavy atom. The fraction of sp³-hybridized carbons (Fsp3) is 0.211. The minimum Gasteiger partial charge on any atom is -0.463 e. The zero-order valence-electron chi connectivity index (χ0n) is 14.2. The molecule has 2 aromatic carbocycles. The molecule has 132 valence electrons. The van der Waals surface area contributed by atoms with Crippen molar-refractivity contribution in [3.05, 3.63) is 65.7 Å². The molecule has 0 atom stereocenters. The average Bonchev–Trinajstić information content (AvgIpc) is 2.61. The van der Waals surface area contributed by atoms with Gasteiger partial charge in [-0.15, -0.1) is 0 Å². The van der Waals surface area contributed by atoms with E-state index in [9.17, 15) is 13.2 Å². The fourth-order valence-corrected chi connectivity index (χ4v) is 3.19. The van der Waals surface area contributed by atoms with E-state index in [1.165, 1.54) is 6.08 Å². The van der Waals surface area contributed by atoms with Crippen LogP contribution in [0.25, 0.3) is 6.08 Å². The largest absolute Gasteiger partial charge is 0.463 e. The molecule has 2 aromatic rings. The van der Waals surface area contributed by atoms with Crippen LogP contribution in [0.1, 0.15) is 25.0 Å². The average molecular weight is 359 g/mol. The van der Waals surface area contributed by atoms with E-state index in [0.717, 1.165) is 17.5 Å². The molecular weight excluding hydrogens is 338 g/mol. The molecule has 5 nitrogen and oxygen atoms in total. The minimum absolute atomic E-state index is 0.219. The number of sulfonamides is 1. The molecule has 0 aliphatic carbocycles. The van der Waals surface area contributed by atoms with Crippen LogP contribution >= 0.6 is 0 Å². The summed E-state index contributed by atoms with van der Waals surface area (Å²) in [5.41, 5.74) is 2.30. The molecule has 25 heavy (non-hydrogen) atoms. The zero-order valence-corrected chi connectivity index (χ0v) is 15.0. The maximum Gasteiger partial charge on any atom is 0.330 e. The third-order valence-electron chi connectivity index (χ3n) is 3.50. The van der Waals surface area contributed by atoms with Crippen molar-refractivity contribution in [2.45, 2.75) is 25.2 Å². The van der Waals surface area contributed by atoms with Gasteiger partial charge in [-0.2, -0.15) is 0 Å². The van der Waals surface area contributed by atoms with Crippen molar-refractivity contribution in [1.29, 1.82) is 0 Å². The van der Waals surface area contributed by atoms with Crippen LogP contribution in [0.3, 0.4) is 0 Å². The Bertz CT molecular complexity index is 838. The number of carbonyl (C=O) groups is 1. The van der Waals surface area contributed by atoms with Gasteiger partial charge < -0.3 is 4.74 Å². The minimum atomic E-state index is -3.63. The van der Waals surface area contributed by atoms with E-state index in [0.29, 0.717) is 12.3 Å². The molecule has 0 fully saturated rings. The topological polar surface area (TPSA) is 72.5 Å². The van der Waals surface area contributed by atoms with Gasteiger partial charge in [0.15, 0.2) is 0 Å². The molecule has 0 bridgehead atoms. The lowest BCUT2D eigenvalue weighted by atomic mass is 10.2. The monoisotopic (exact) mass is 359 g/mol. The summed E-state index contributed by atoms with van der Waals surface area (Å²) in [6.07, 6.45) is 3.80. The lowest BCUT2D eigenvalue weighted by molar-refractivity contribution is -0.137. The van der Waals surface area contributed by atoms with Crippen molar-refractivity contribution in [3.8, 4) is 0 Å². The lowest BCUT2D eigenvalue weighted by Gasteiger charge is -2.09. The van der Waals surface area contributed by atoms with Crippen LogP contribution < -0.4 is 4.72 Å². The van der Waals surface area contributed by atoms with Gasteiger partial charge in [-0.25, -0.2) is 13.2 Å². The van der Waals surface area contributed by atoms with Crippen LogP contribution in [0.5, 0.6) is 0 Å². The number of ether oxygens (including phenoxy) is 1. The standard InChI is InChI=1S/C19H21NO4S/c1-3-15-7-12-18(13-8-15)25(22,23)20-17-10-5-16(6-11-17)9-14-19(21)24-4-2/h5-14,20H,3-4H2,1-2H3. The van der Waals surface area contributed by atoms with Gasteiger partial charge >= 0.3 is 5.97 Å². The predicted octanol–water partition coefficient (Wildman–Crippen LogP) is 3.63. The third-order valence-corrected chi connectivity index (χ3v) is 4.90. The Labute approximate surface area is 148 Å². The third kappa shape index (κ3) is 5.46.